The van der Waals surface area contributed by atoms with Crippen LogP contribution in [0.4, 0.5) is 0 Å². The van der Waals surface area contributed by atoms with Gasteiger partial charge in [-0.2, -0.15) is 0 Å². The maximum absolute atomic E-state index is 5.95. The normalized spacial score (nSPS) is 10.8. The van der Waals surface area contributed by atoms with Crippen molar-refractivity contribution in [2.24, 2.45) is 0 Å². The molecule has 0 saturated heterocycles. The highest BCUT2D eigenvalue weighted by atomic mass is 79.9. The van der Waals surface area contributed by atoms with Gasteiger partial charge in [0.15, 0.2) is 0 Å². The zero-order chi connectivity index (χ0) is 12.5. The molecule has 1 aromatic rings. The Morgan fingerprint density at radius 3 is 2.94 bits per heavy atom. The van der Waals surface area contributed by atoms with Crippen LogP contribution >= 0.6 is 27.5 Å². The molecule has 17 heavy (non-hydrogen) atoms. The molecule has 0 fully saturated rings. The summed E-state index contributed by atoms with van der Waals surface area (Å²) in [6.07, 6.45) is 2.13. The van der Waals surface area contributed by atoms with Crippen molar-refractivity contribution >= 4 is 27.5 Å². The molecule has 1 rings (SSSR count). The lowest BCUT2D eigenvalue weighted by Crippen LogP contribution is -2.16. The van der Waals surface area contributed by atoms with Crippen molar-refractivity contribution in [1.29, 1.82) is 0 Å². The Morgan fingerprint density at radius 2 is 2.18 bits per heavy atom. The number of hydrogen-bond donors (Lipinski definition) is 1. The van der Waals surface area contributed by atoms with Crippen LogP contribution in [-0.2, 0) is 11.3 Å². The standard InChI is InChI=1S/C13H19BrClNO/c1-2-7-17-8-3-6-16-10-11-9-12(15)4-5-13(11)14/h4-5,9,16H,2-3,6-8,10H2,1H3. The smallest absolute Gasteiger partial charge is 0.0478 e. The van der Waals surface area contributed by atoms with E-state index in [-0.39, 0.29) is 0 Å². The van der Waals surface area contributed by atoms with Gasteiger partial charge in [-0.15, -0.1) is 0 Å². The number of rotatable bonds is 8. The van der Waals surface area contributed by atoms with Gasteiger partial charge in [-0.05, 0) is 43.1 Å². The molecule has 0 radical (unpaired) electrons. The van der Waals surface area contributed by atoms with E-state index < -0.39 is 0 Å². The predicted octanol–water partition coefficient (Wildman–Crippen LogP) is 4.01. The van der Waals surface area contributed by atoms with Crippen molar-refractivity contribution in [3.8, 4) is 0 Å². The first-order chi connectivity index (χ1) is 8.24. The Morgan fingerprint density at radius 1 is 1.35 bits per heavy atom. The van der Waals surface area contributed by atoms with Gasteiger partial charge in [0.05, 0.1) is 0 Å². The molecular formula is C13H19BrClNO. The van der Waals surface area contributed by atoms with E-state index in [1.807, 2.05) is 18.2 Å². The number of ether oxygens (including phenoxy) is 1. The number of nitrogens with one attached hydrogen (secondary N) is 1. The summed E-state index contributed by atoms with van der Waals surface area (Å²) in [4.78, 5) is 0. The molecule has 0 spiro atoms. The molecule has 0 bridgehead atoms. The van der Waals surface area contributed by atoms with Crippen molar-refractivity contribution in [2.75, 3.05) is 19.8 Å². The lowest BCUT2D eigenvalue weighted by Gasteiger charge is -2.07. The van der Waals surface area contributed by atoms with Gasteiger partial charge in [0.25, 0.3) is 0 Å². The summed E-state index contributed by atoms with van der Waals surface area (Å²) >= 11 is 9.46. The Hall–Kier alpha value is -0.0900. The van der Waals surface area contributed by atoms with E-state index in [9.17, 15) is 0 Å². The molecule has 0 aliphatic carbocycles. The molecule has 0 aliphatic rings. The van der Waals surface area contributed by atoms with Crippen LogP contribution in [0.2, 0.25) is 5.02 Å². The molecule has 96 valence electrons. The van der Waals surface area contributed by atoms with E-state index in [1.165, 1.54) is 5.56 Å². The average Bonchev–Trinajstić information content (AvgIpc) is 2.32. The molecule has 0 aliphatic heterocycles. The summed E-state index contributed by atoms with van der Waals surface area (Å²) in [5.41, 5.74) is 1.19. The van der Waals surface area contributed by atoms with E-state index in [0.29, 0.717) is 0 Å². The van der Waals surface area contributed by atoms with Crippen LogP contribution in [0.25, 0.3) is 0 Å². The lowest BCUT2D eigenvalue weighted by atomic mass is 10.2. The lowest BCUT2D eigenvalue weighted by molar-refractivity contribution is 0.132. The van der Waals surface area contributed by atoms with E-state index in [1.54, 1.807) is 0 Å². The van der Waals surface area contributed by atoms with Crippen LogP contribution in [0.5, 0.6) is 0 Å². The molecule has 1 aromatic carbocycles. The minimum absolute atomic E-state index is 0.774. The van der Waals surface area contributed by atoms with Gasteiger partial charge in [0.1, 0.15) is 0 Å². The summed E-state index contributed by atoms with van der Waals surface area (Å²) in [7, 11) is 0. The number of benzene rings is 1. The van der Waals surface area contributed by atoms with E-state index >= 15 is 0 Å². The number of halogens is 2. The summed E-state index contributed by atoms with van der Waals surface area (Å²) in [6, 6.07) is 5.84. The van der Waals surface area contributed by atoms with Crippen LogP contribution in [0, 0.1) is 0 Å². The third-order valence-corrected chi connectivity index (χ3v) is 3.32. The van der Waals surface area contributed by atoms with Crippen molar-refractivity contribution in [3.63, 3.8) is 0 Å². The summed E-state index contributed by atoms with van der Waals surface area (Å²) in [5, 5.41) is 4.15. The molecule has 0 saturated carbocycles. The number of hydrogen-bond acceptors (Lipinski definition) is 2. The van der Waals surface area contributed by atoms with Gasteiger partial charge < -0.3 is 10.1 Å². The van der Waals surface area contributed by atoms with Gasteiger partial charge in [-0.1, -0.05) is 34.5 Å². The second-order valence-corrected chi connectivity index (χ2v) is 5.17. The maximum atomic E-state index is 5.95. The zero-order valence-corrected chi connectivity index (χ0v) is 12.5. The van der Waals surface area contributed by atoms with Crippen LogP contribution in [0.3, 0.4) is 0 Å². The second-order valence-electron chi connectivity index (χ2n) is 3.88. The molecule has 0 unspecified atom stereocenters. The maximum Gasteiger partial charge on any atom is 0.0478 e. The highest BCUT2D eigenvalue weighted by molar-refractivity contribution is 9.10. The van der Waals surface area contributed by atoms with Gasteiger partial charge in [0, 0.05) is 29.3 Å². The van der Waals surface area contributed by atoms with Crippen LogP contribution in [0.1, 0.15) is 25.3 Å². The van der Waals surface area contributed by atoms with Crippen molar-refractivity contribution < 1.29 is 4.74 Å². The Balaban J connectivity index is 2.15. The molecule has 0 amide bonds. The minimum atomic E-state index is 0.774. The van der Waals surface area contributed by atoms with Crippen LogP contribution < -0.4 is 5.32 Å². The first kappa shape index (κ1) is 15.0. The van der Waals surface area contributed by atoms with Gasteiger partial charge in [-0.3, -0.25) is 0 Å². The van der Waals surface area contributed by atoms with Crippen molar-refractivity contribution in [2.45, 2.75) is 26.3 Å². The Labute approximate surface area is 117 Å². The van der Waals surface area contributed by atoms with Crippen LogP contribution in [0.15, 0.2) is 22.7 Å². The Bertz CT molecular complexity index is 333. The summed E-state index contributed by atoms with van der Waals surface area (Å²) < 4.78 is 6.50. The first-order valence-electron chi connectivity index (χ1n) is 5.96. The fourth-order valence-corrected chi connectivity index (χ4v) is 2.03. The largest absolute Gasteiger partial charge is 0.381 e. The van der Waals surface area contributed by atoms with Crippen LogP contribution in [-0.4, -0.2) is 19.8 Å². The third-order valence-electron chi connectivity index (χ3n) is 2.31. The second kappa shape index (κ2) is 8.92. The molecule has 1 N–H and O–H groups in total. The summed E-state index contributed by atoms with van der Waals surface area (Å²) in [6.45, 7) is 5.60. The highest BCUT2D eigenvalue weighted by Crippen LogP contribution is 2.20. The predicted molar refractivity (Wildman–Crippen MR) is 76.6 cm³/mol. The SMILES string of the molecule is CCCOCCCNCc1cc(Cl)ccc1Br. The molecule has 2 nitrogen and oxygen atoms in total. The Kier molecular flexibility index (Phi) is 7.86. The first-order valence-corrected chi connectivity index (χ1v) is 7.13. The topological polar surface area (TPSA) is 21.3 Å². The van der Waals surface area contributed by atoms with E-state index in [0.717, 1.165) is 48.6 Å². The van der Waals surface area contributed by atoms with Crippen molar-refractivity contribution in [1.82, 2.24) is 5.32 Å². The zero-order valence-electron chi connectivity index (χ0n) is 10.1. The fourth-order valence-electron chi connectivity index (χ4n) is 1.45. The van der Waals surface area contributed by atoms with E-state index in [4.69, 9.17) is 16.3 Å². The molecule has 0 heterocycles. The fraction of sp³-hybridized carbons (Fsp3) is 0.538. The van der Waals surface area contributed by atoms with Crippen molar-refractivity contribution in [3.05, 3.63) is 33.3 Å². The molecule has 0 aromatic heterocycles. The molecular weight excluding hydrogens is 302 g/mol. The minimum Gasteiger partial charge on any atom is -0.381 e. The summed E-state index contributed by atoms with van der Waals surface area (Å²) in [5.74, 6) is 0. The third kappa shape index (κ3) is 6.41. The molecule has 4 heteroatoms. The van der Waals surface area contributed by atoms with Gasteiger partial charge in [0.2, 0.25) is 0 Å². The quantitative estimate of drug-likeness (QED) is 0.731. The van der Waals surface area contributed by atoms with Gasteiger partial charge in [-0.25, -0.2) is 0 Å². The molecule has 0 atom stereocenters. The van der Waals surface area contributed by atoms with E-state index in [2.05, 4.69) is 28.2 Å². The monoisotopic (exact) mass is 319 g/mol. The average molecular weight is 321 g/mol. The highest BCUT2D eigenvalue weighted by Gasteiger charge is 2.00. The van der Waals surface area contributed by atoms with Gasteiger partial charge >= 0.3 is 0 Å².